The molecule has 5 aromatic carbocycles. The maximum atomic E-state index is 13.7. The van der Waals surface area contributed by atoms with Crippen molar-refractivity contribution < 1.29 is 19.2 Å². The predicted molar refractivity (Wildman–Crippen MR) is 148 cm³/mol. The monoisotopic (exact) mass is 512 g/mol. The van der Waals surface area contributed by atoms with E-state index in [0.717, 1.165) is 11.1 Å². The van der Waals surface area contributed by atoms with Gasteiger partial charge in [-0.1, -0.05) is 66.7 Å². The van der Waals surface area contributed by atoms with Crippen LogP contribution in [0.25, 0.3) is 11.1 Å². The highest BCUT2D eigenvalue weighted by molar-refractivity contribution is 6.31. The molecule has 0 amide bonds. The molecule has 188 valence electrons. The van der Waals surface area contributed by atoms with Crippen molar-refractivity contribution in [1.29, 1.82) is 0 Å². The highest BCUT2D eigenvalue weighted by atomic mass is 16.6. The van der Waals surface area contributed by atoms with Gasteiger partial charge in [-0.25, -0.2) is 0 Å². The second-order valence-corrected chi connectivity index (χ2v) is 8.99. The number of nitro benzene ring substituents is 1. The summed E-state index contributed by atoms with van der Waals surface area (Å²) >= 11 is 0. The van der Waals surface area contributed by atoms with E-state index in [-0.39, 0.29) is 39.5 Å². The molecule has 0 fully saturated rings. The van der Waals surface area contributed by atoms with E-state index in [0.29, 0.717) is 22.9 Å². The molecule has 0 saturated heterocycles. The Kier molecular flexibility index (Phi) is 5.93. The van der Waals surface area contributed by atoms with Crippen LogP contribution >= 0.6 is 0 Å². The minimum atomic E-state index is -0.482. The normalized spacial score (nSPS) is 11.9. The number of ether oxygens (including phenoxy) is 1. The number of anilines is 2. The topological polar surface area (TPSA) is 98.5 Å². The maximum Gasteiger partial charge on any atom is 0.269 e. The lowest BCUT2D eigenvalue weighted by Gasteiger charge is -2.22. The van der Waals surface area contributed by atoms with Crippen molar-refractivity contribution in [2.45, 2.75) is 0 Å². The molecule has 0 bridgehead atoms. The van der Waals surface area contributed by atoms with Gasteiger partial charge in [-0.15, -0.1) is 0 Å². The number of non-ortho nitro benzene ring substituents is 1. The zero-order chi connectivity index (χ0) is 26.9. The summed E-state index contributed by atoms with van der Waals surface area (Å²) in [5.41, 5.74) is 4.04. The number of carbonyl (C=O) groups excluding carboxylic acids is 2. The molecule has 6 rings (SSSR count). The van der Waals surface area contributed by atoms with Crippen LogP contribution in [0.1, 0.15) is 31.8 Å². The Balaban J connectivity index is 1.32. The van der Waals surface area contributed by atoms with Crippen LogP contribution in [0, 0.1) is 10.1 Å². The minimum Gasteiger partial charge on any atom is -0.457 e. The van der Waals surface area contributed by atoms with Crippen LogP contribution in [-0.2, 0) is 0 Å². The number of carbonyl (C=O) groups is 2. The van der Waals surface area contributed by atoms with Gasteiger partial charge < -0.3 is 10.1 Å². The minimum absolute atomic E-state index is 0.0435. The van der Waals surface area contributed by atoms with Crippen molar-refractivity contribution in [2.75, 3.05) is 5.32 Å². The van der Waals surface area contributed by atoms with E-state index in [9.17, 15) is 19.7 Å². The van der Waals surface area contributed by atoms with Crippen LogP contribution in [0.3, 0.4) is 0 Å². The maximum absolute atomic E-state index is 13.7. The van der Waals surface area contributed by atoms with Crippen LogP contribution in [0.2, 0.25) is 0 Å². The molecule has 1 N–H and O–H groups in total. The third-order valence-corrected chi connectivity index (χ3v) is 6.58. The molecule has 1 aliphatic carbocycles. The smallest absolute Gasteiger partial charge is 0.269 e. The third-order valence-electron chi connectivity index (χ3n) is 6.58. The van der Waals surface area contributed by atoms with Crippen molar-refractivity contribution in [3.63, 3.8) is 0 Å². The Labute approximate surface area is 223 Å². The average Bonchev–Trinajstić information content (AvgIpc) is 2.97. The van der Waals surface area contributed by atoms with Gasteiger partial charge in [0.1, 0.15) is 11.5 Å². The zero-order valence-corrected chi connectivity index (χ0v) is 20.5. The van der Waals surface area contributed by atoms with Crippen molar-refractivity contribution in [2.24, 2.45) is 0 Å². The number of nitro groups is 1. The Bertz CT molecular complexity index is 1740. The van der Waals surface area contributed by atoms with Gasteiger partial charge in [-0.2, -0.15) is 0 Å². The summed E-state index contributed by atoms with van der Waals surface area (Å²) in [6.45, 7) is 0. The molecule has 0 aromatic heterocycles. The number of ketones is 2. The molecule has 0 aliphatic heterocycles. The SMILES string of the molecule is O=C1c2cccc(Oc3ccc(-c4ccccc4)cc3)c2C(=O)c2cccc(Nc3ccc([N+](=O)[O-])cc3)c21. The summed E-state index contributed by atoms with van der Waals surface area (Å²) in [6.07, 6.45) is 0. The van der Waals surface area contributed by atoms with Gasteiger partial charge in [-0.3, -0.25) is 19.7 Å². The van der Waals surface area contributed by atoms with Gasteiger partial charge in [0.05, 0.1) is 21.7 Å². The van der Waals surface area contributed by atoms with Gasteiger partial charge in [0.25, 0.3) is 5.69 Å². The molecule has 39 heavy (non-hydrogen) atoms. The number of nitrogens with one attached hydrogen (secondary N) is 1. The van der Waals surface area contributed by atoms with Crippen LogP contribution in [0.15, 0.2) is 115 Å². The Hall–Kier alpha value is -5.56. The van der Waals surface area contributed by atoms with Crippen LogP contribution in [0.5, 0.6) is 11.5 Å². The number of hydrogen-bond donors (Lipinski definition) is 1. The van der Waals surface area contributed by atoms with E-state index in [2.05, 4.69) is 5.32 Å². The standard InChI is InChI=1S/C32H20N2O5/c35-31-26-9-5-11-28(39-24-18-12-21(13-19-24)20-6-2-1-3-7-20)30(26)32(36)25-8-4-10-27(29(25)31)33-22-14-16-23(17-15-22)34(37)38/h1-19,33H. The first-order valence-electron chi connectivity index (χ1n) is 12.2. The lowest BCUT2D eigenvalue weighted by molar-refractivity contribution is -0.384. The number of benzene rings is 5. The van der Waals surface area contributed by atoms with Gasteiger partial charge in [0, 0.05) is 28.9 Å². The zero-order valence-electron chi connectivity index (χ0n) is 20.5. The molecule has 0 saturated carbocycles. The number of fused-ring (bicyclic) bond motifs is 2. The van der Waals surface area contributed by atoms with Crippen molar-refractivity contribution in [3.8, 4) is 22.6 Å². The van der Waals surface area contributed by atoms with Gasteiger partial charge >= 0.3 is 0 Å². The fraction of sp³-hybridized carbons (Fsp3) is 0. The molecule has 7 nitrogen and oxygen atoms in total. The van der Waals surface area contributed by atoms with Gasteiger partial charge in [0.15, 0.2) is 11.6 Å². The Morgan fingerprint density at radius 1 is 0.615 bits per heavy atom. The number of hydrogen-bond acceptors (Lipinski definition) is 6. The first kappa shape index (κ1) is 23.8. The molecule has 5 aromatic rings. The first-order valence-corrected chi connectivity index (χ1v) is 12.2. The second-order valence-electron chi connectivity index (χ2n) is 8.99. The number of nitrogens with zero attached hydrogens (tertiary/aromatic N) is 1. The highest BCUT2D eigenvalue weighted by Crippen LogP contribution is 2.39. The largest absolute Gasteiger partial charge is 0.457 e. The van der Waals surface area contributed by atoms with E-state index >= 15 is 0 Å². The molecule has 0 unspecified atom stereocenters. The summed E-state index contributed by atoms with van der Waals surface area (Å²) in [7, 11) is 0. The van der Waals surface area contributed by atoms with E-state index < -0.39 is 4.92 Å². The van der Waals surface area contributed by atoms with Crippen LogP contribution in [0.4, 0.5) is 17.1 Å². The fourth-order valence-electron chi connectivity index (χ4n) is 4.69. The van der Waals surface area contributed by atoms with Crippen LogP contribution < -0.4 is 10.1 Å². The summed E-state index contributed by atoms with van der Waals surface area (Å²) < 4.78 is 6.11. The molecular weight excluding hydrogens is 492 g/mol. The predicted octanol–water partition coefficient (Wildman–Crippen LogP) is 7.57. The number of rotatable bonds is 6. The lowest BCUT2D eigenvalue weighted by Crippen LogP contribution is -2.22. The molecule has 0 heterocycles. The molecule has 7 heteroatoms. The molecule has 0 radical (unpaired) electrons. The Morgan fingerprint density at radius 3 is 1.92 bits per heavy atom. The quantitative estimate of drug-likeness (QED) is 0.182. The Morgan fingerprint density at radius 2 is 1.23 bits per heavy atom. The summed E-state index contributed by atoms with van der Waals surface area (Å²) in [6, 6.07) is 33.3. The molecule has 0 spiro atoms. The van der Waals surface area contributed by atoms with Crippen molar-refractivity contribution in [1.82, 2.24) is 0 Å². The first-order chi connectivity index (χ1) is 19.0. The summed E-state index contributed by atoms with van der Waals surface area (Å²) in [4.78, 5) is 37.9. The molecule has 0 atom stereocenters. The highest BCUT2D eigenvalue weighted by Gasteiger charge is 2.34. The van der Waals surface area contributed by atoms with E-state index in [1.54, 1.807) is 48.5 Å². The average molecular weight is 513 g/mol. The summed E-state index contributed by atoms with van der Waals surface area (Å²) in [5.74, 6) is 0.221. The van der Waals surface area contributed by atoms with E-state index in [1.807, 2.05) is 54.6 Å². The van der Waals surface area contributed by atoms with E-state index in [1.165, 1.54) is 12.1 Å². The van der Waals surface area contributed by atoms with Gasteiger partial charge in [-0.05, 0) is 47.5 Å². The fourth-order valence-corrected chi connectivity index (χ4v) is 4.69. The van der Waals surface area contributed by atoms with Gasteiger partial charge in [0.2, 0.25) is 0 Å². The van der Waals surface area contributed by atoms with E-state index in [4.69, 9.17) is 4.74 Å². The molecular formula is C32H20N2O5. The van der Waals surface area contributed by atoms with Crippen LogP contribution in [-0.4, -0.2) is 16.5 Å². The summed E-state index contributed by atoms with van der Waals surface area (Å²) in [5, 5.41) is 14.1. The second kappa shape index (κ2) is 9.72. The molecule has 1 aliphatic rings. The van der Waals surface area contributed by atoms with Crippen molar-refractivity contribution >= 4 is 28.6 Å². The third kappa shape index (κ3) is 4.42. The van der Waals surface area contributed by atoms with Crippen molar-refractivity contribution in [3.05, 3.63) is 148 Å². The lowest BCUT2D eigenvalue weighted by atomic mass is 9.82.